The highest BCUT2D eigenvalue weighted by Gasteiger charge is 2.15. The first-order valence-electron chi connectivity index (χ1n) is 8.50. The molecule has 1 aliphatic rings. The molecular weight excluding hydrogens is 298 g/mol. The van der Waals surface area contributed by atoms with E-state index in [9.17, 15) is 14.4 Å². The first-order chi connectivity index (χ1) is 11.0. The molecule has 3 amide bonds. The minimum absolute atomic E-state index is 0.0448. The molecule has 0 bridgehead atoms. The van der Waals surface area contributed by atoms with Crippen molar-refractivity contribution < 1.29 is 19.5 Å². The Morgan fingerprint density at radius 2 is 1.83 bits per heavy atom. The summed E-state index contributed by atoms with van der Waals surface area (Å²) in [7, 11) is 0. The Labute approximate surface area is 137 Å². The smallest absolute Gasteiger partial charge is 0.315 e. The predicted molar refractivity (Wildman–Crippen MR) is 87.1 cm³/mol. The van der Waals surface area contributed by atoms with E-state index in [0.717, 1.165) is 12.8 Å². The average molecular weight is 327 g/mol. The summed E-state index contributed by atoms with van der Waals surface area (Å²) in [4.78, 5) is 33.8. The van der Waals surface area contributed by atoms with Gasteiger partial charge in [-0.2, -0.15) is 0 Å². The Hall–Kier alpha value is -1.79. The topological polar surface area (TPSA) is 108 Å². The van der Waals surface area contributed by atoms with Gasteiger partial charge in [-0.3, -0.25) is 9.59 Å². The Morgan fingerprint density at radius 3 is 2.48 bits per heavy atom. The summed E-state index contributed by atoms with van der Waals surface area (Å²) < 4.78 is 0. The molecule has 1 rings (SSSR count). The molecule has 7 heteroatoms. The lowest BCUT2D eigenvalue weighted by Crippen LogP contribution is -2.43. The average Bonchev–Trinajstić information content (AvgIpc) is 2.50. The number of hydrogen-bond donors (Lipinski definition) is 4. The number of carboxylic acids is 1. The van der Waals surface area contributed by atoms with Gasteiger partial charge in [-0.1, -0.05) is 26.2 Å². The van der Waals surface area contributed by atoms with Crippen LogP contribution in [-0.4, -0.2) is 42.1 Å². The maximum absolute atomic E-state index is 11.7. The van der Waals surface area contributed by atoms with Crippen molar-refractivity contribution in [3.63, 3.8) is 0 Å². The zero-order valence-corrected chi connectivity index (χ0v) is 13.9. The summed E-state index contributed by atoms with van der Waals surface area (Å²) in [5.41, 5.74) is 0. The maximum Gasteiger partial charge on any atom is 0.315 e. The Kier molecular flexibility index (Phi) is 9.09. The largest absolute Gasteiger partial charge is 0.481 e. The van der Waals surface area contributed by atoms with Gasteiger partial charge in [-0.05, 0) is 25.2 Å². The molecule has 0 aliphatic heterocycles. The van der Waals surface area contributed by atoms with Crippen LogP contribution in [0, 0.1) is 5.92 Å². The normalized spacial score (nSPS) is 16.4. The van der Waals surface area contributed by atoms with Crippen LogP contribution in [0.1, 0.15) is 58.3 Å². The Bertz CT molecular complexity index is 395. The molecule has 7 nitrogen and oxygen atoms in total. The number of hydrogen-bond acceptors (Lipinski definition) is 3. The summed E-state index contributed by atoms with van der Waals surface area (Å²) in [6.45, 7) is 2.60. The first-order valence-corrected chi connectivity index (χ1v) is 8.50. The van der Waals surface area contributed by atoms with E-state index in [-0.39, 0.29) is 30.3 Å². The molecule has 1 fully saturated rings. The summed E-state index contributed by atoms with van der Waals surface area (Å²) in [5.74, 6) is -1.06. The SMILES string of the molecule is CC(CNC(=O)CCCNC(=O)NC1CCCCC1)CC(=O)O. The molecule has 0 saturated heterocycles. The number of carboxylic acid groups (broad SMARTS) is 1. The molecule has 0 aromatic heterocycles. The van der Waals surface area contributed by atoms with E-state index in [2.05, 4.69) is 16.0 Å². The number of rotatable bonds is 9. The summed E-state index contributed by atoms with van der Waals surface area (Å²) in [6, 6.07) is 0.121. The molecule has 1 unspecified atom stereocenters. The first kappa shape index (κ1) is 19.3. The lowest BCUT2D eigenvalue weighted by atomic mass is 9.96. The fraction of sp³-hybridized carbons (Fsp3) is 0.812. The lowest BCUT2D eigenvalue weighted by molar-refractivity contribution is -0.138. The Morgan fingerprint density at radius 1 is 1.13 bits per heavy atom. The number of carbonyl (C=O) groups excluding carboxylic acids is 2. The second-order valence-electron chi connectivity index (χ2n) is 6.35. The second-order valence-corrected chi connectivity index (χ2v) is 6.35. The monoisotopic (exact) mass is 327 g/mol. The van der Waals surface area contributed by atoms with E-state index < -0.39 is 5.97 Å². The van der Waals surface area contributed by atoms with Crippen LogP contribution in [0.5, 0.6) is 0 Å². The van der Waals surface area contributed by atoms with Crippen LogP contribution in [0.25, 0.3) is 0 Å². The molecule has 0 radical (unpaired) electrons. The third-order valence-corrected chi connectivity index (χ3v) is 3.98. The van der Waals surface area contributed by atoms with Gasteiger partial charge in [0.1, 0.15) is 0 Å². The van der Waals surface area contributed by atoms with Gasteiger partial charge in [0, 0.05) is 32.0 Å². The standard InChI is InChI=1S/C16H29N3O4/c1-12(10-15(21)22)11-18-14(20)8-5-9-17-16(23)19-13-6-3-2-4-7-13/h12-13H,2-11H2,1H3,(H,18,20)(H,21,22)(H2,17,19,23). The highest BCUT2D eigenvalue weighted by Crippen LogP contribution is 2.17. The molecule has 0 aromatic carbocycles. The summed E-state index contributed by atoms with van der Waals surface area (Å²) in [6.07, 6.45) is 6.62. The number of nitrogens with one attached hydrogen (secondary N) is 3. The van der Waals surface area contributed by atoms with Crippen molar-refractivity contribution in [2.45, 2.75) is 64.3 Å². The number of aliphatic carboxylic acids is 1. The summed E-state index contributed by atoms with van der Waals surface area (Å²) >= 11 is 0. The van der Waals surface area contributed by atoms with Gasteiger partial charge in [0.15, 0.2) is 0 Å². The van der Waals surface area contributed by atoms with E-state index in [1.165, 1.54) is 19.3 Å². The third kappa shape index (κ3) is 9.76. The van der Waals surface area contributed by atoms with Crippen molar-refractivity contribution in [2.75, 3.05) is 13.1 Å². The zero-order chi connectivity index (χ0) is 17.1. The number of urea groups is 1. The molecule has 0 spiro atoms. The minimum Gasteiger partial charge on any atom is -0.481 e. The van der Waals surface area contributed by atoms with Crippen molar-refractivity contribution in [2.24, 2.45) is 5.92 Å². The van der Waals surface area contributed by atoms with Gasteiger partial charge in [0.25, 0.3) is 0 Å². The highest BCUT2D eigenvalue weighted by molar-refractivity contribution is 5.76. The van der Waals surface area contributed by atoms with Gasteiger partial charge in [-0.25, -0.2) is 4.79 Å². The van der Waals surface area contributed by atoms with Gasteiger partial charge in [-0.15, -0.1) is 0 Å². The predicted octanol–water partition coefficient (Wildman–Crippen LogP) is 1.63. The second kappa shape index (κ2) is 10.9. The highest BCUT2D eigenvalue weighted by atomic mass is 16.4. The van der Waals surface area contributed by atoms with Crippen LogP contribution < -0.4 is 16.0 Å². The number of carbonyl (C=O) groups is 3. The number of amides is 3. The molecular formula is C16H29N3O4. The minimum atomic E-state index is -0.861. The lowest BCUT2D eigenvalue weighted by Gasteiger charge is -2.22. The van der Waals surface area contributed by atoms with Gasteiger partial charge in [0.2, 0.25) is 5.91 Å². The molecule has 1 atom stereocenters. The zero-order valence-electron chi connectivity index (χ0n) is 13.9. The van der Waals surface area contributed by atoms with Crippen LogP contribution in [0.15, 0.2) is 0 Å². The molecule has 132 valence electrons. The van der Waals surface area contributed by atoms with Gasteiger partial charge >= 0.3 is 12.0 Å². The van der Waals surface area contributed by atoms with Gasteiger partial charge < -0.3 is 21.1 Å². The molecule has 0 aromatic rings. The molecule has 23 heavy (non-hydrogen) atoms. The fourth-order valence-corrected chi connectivity index (χ4v) is 2.68. The van der Waals surface area contributed by atoms with E-state index in [4.69, 9.17) is 5.11 Å². The van der Waals surface area contributed by atoms with E-state index in [1.54, 1.807) is 6.92 Å². The van der Waals surface area contributed by atoms with E-state index >= 15 is 0 Å². The van der Waals surface area contributed by atoms with Crippen LogP contribution in [0.3, 0.4) is 0 Å². The third-order valence-electron chi connectivity index (χ3n) is 3.98. The van der Waals surface area contributed by atoms with Crippen molar-refractivity contribution >= 4 is 17.9 Å². The quantitative estimate of drug-likeness (QED) is 0.483. The maximum atomic E-state index is 11.7. The Balaban J connectivity index is 2.01. The molecule has 1 saturated carbocycles. The van der Waals surface area contributed by atoms with E-state index in [0.29, 0.717) is 25.9 Å². The van der Waals surface area contributed by atoms with Crippen molar-refractivity contribution in [3.8, 4) is 0 Å². The van der Waals surface area contributed by atoms with Crippen molar-refractivity contribution in [1.29, 1.82) is 0 Å². The molecule has 1 aliphatic carbocycles. The van der Waals surface area contributed by atoms with Crippen molar-refractivity contribution in [3.05, 3.63) is 0 Å². The molecule has 0 heterocycles. The molecule has 4 N–H and O–H groups in total. The fourth-order valence-electron chi connectivity index (χ4n) is 2.68. The van der Waals surface area contributed by atoms with Crippen LogP contribution >= 0.6 is 0 Å². The van der Waals surface area contributed by atoms with Crippen LogP contribution in [0.2, 0.25) is 0 Å². The summed E-state index contributed by atoms with van der Waals surface area (Å²) in [5, 5.41) is 17.1. The van der Waals surface area contributed by atoms with Crippen molar-refractivity contribution in [1.82, 2.24) is 16.0 Å². The van der Waals surface area contributed by atoms with E-state index in [1.807, 2.05) is 0 Å². The van der Waals surface area contributed by atoms with Crippen LogP contribution in [0.4, 0.5) is 4.79 Å². The van der Waals surface area contributed by atoms with Crippen LogP contribution in [-0.2, 0) is 9.59 Å². The van der Waals surface area contributed by atoms with Gasteiger partial charge in [0.05, 0.1) is 0 Å².